The Bertz CT molecular complexity index is 660. The zero-order valence-corrected chi connectivity index (χ0v) is 13.9. The minimum atomic E-state index is -4.56. The summed E-state index contributed by atoms with van der Waals surface area (Å²) in [5, 5.41) is 11.1. The molecular formula is C16H18F3NO6. The number of aromatic hydroxyl groups is 1. The summed E-state index contributed by atoms with van der Waals surface area (Å²) >= 11 is 0. The van der Waals surface area contributed by atoms with Crippen molar-refractivity contribution in [1.29, 1.82) is 0 Å². The number of nitrogens with one attached hydrogen (secondary N) is 1. The van der Waals surface area contributed by atoms with Crippen LogP contribution in [0.1, 0.15) is 30.1 Å². The predicted octanol–water partition coefficient (Wildman–Crippen LogP) is 1.98. The molecule has 0 fully saturated rings. The number of carbonyl (C=O) groups excluding carboxylic acids is 3. The van der Waals surface area contributed by atoms with Gasteiger partial charge in [-0.3, -0.25) is 14.4 Å². The number of rotatable bonds is 9. The zero-order chi connectivity index (χ0) is 19.7. The Labute approximate surface area is 147 Å². The molecule has 0 aliphatic heterocycles. The number of phenolic OH excluding ortho intramolecular Hbond substituents is 1. The number of ketones is 1. The second kappa shape index (κ2) is 9.64. The number of amides is 1. The molecule has 0 aliphatic carbocycles. The van der Waals surface area contributed by atoms with Crippen molar-refractivity contribution in [3.8, 4) is 11.5 Å². The Morgan fingerprint density at radius 3 is 2.50 bits per heavy atom. The van der Waals surface area contributed by atoms with E-state index >= 15 is 0 Å². The van der Waals surface area contributed by atoms with E-state index in [-0.39, 0.29) is 36.5 Å². The number of halogens is 3. The molecule has 1 amide bonds. The Balaban J connectivity index is 2.41. The Kier molecular flexibility index (Phi) is 7.88. The lowest BCUT2D eigenvalue weighted by molar-refractivity contribution is -0.151. The first-order valence-corrected chi connectivity index (χ1v) is 7.60. The topological polar surface area (TPSA) is 102 Å². The number of hydrogen-bond donors (Lipinski definition) is 2. The number of esters is 1. The van der Waals surface area contributed by atoms with E-state index in [2.05, 4.69) is 4.74 Å². The summed E-state index contributed by atoms with van der Waals surface area (Å²) < 4.78 is 45.4. The summed E-state index contributed by atoms with van der Waals surface area (Å²) in [5.74, 6) is -2.43. The van der Waals surface area contributed by atoms with Crippen molar-refractivity contribution in [3.63, 3.8) is 0 Å². The minimum Gasteiger partial charge on any atom is -0.504 e. The average molecular weight is 377 g/mol. The van der Waals surface area contributed by atoms with Crippen LogP contribution >= 0.6 is 0 Å². The lowest BCUT2D eigenvalue weighted by atomic mass is 10.1. The maximum atomic E-state index is 12.0. The van der Waals surface area contributed by atoms with Gasteiger partial charge < -0.3 is 19.9 Å². The molecule has 0 saturated carbocycles. The van der Waals surface area contributed by atoms with E-state index in [0.29, 0.717) is 0 Å². The van der Waals surface area contributed by atoms with E-state index in [9.17, 15) is 32.7 Å². The molecule has 2 N–H and O–H groups in total. The first kappa shape index (κ1) is 21.3. The summed E-state index contributed by atoms with van der Waals surface area (Å²) in [6.45, 7) is -0.398. The fourth-order valence-electron chi connectivity index (χ4n) is 1.79. The highest BCUT2D eigenvalue weighted by atomic mass is 19.4. The summed E-state index contributed by atoms with van der Waals surface area (Å²) in [7, 11) is 0. The second-order valence-corrected chi connectivity index (χ2v) is 5.09. The van der Waals surface area contributed by atoms with Gasteiger partial charge in [0.05, 0.1) is 13.0 Å². The normalized spacial score (nSPS) is 10.9. The van der Waals surface area contributed by atoms with Crippen LogP contribution in [-0.2, 0) is 14.3 Å². The van der Waals surface area contributed by atoms with Crippen molar-refractivity contribution in [3.05, 3.63) is 23.8 Å². The van der Waals surface area contributed by atoms with Crippen molar-refractivity contribution in [2.75, 3.05) is 19.8 Å². The van der Waals surface area contributed by atoms with Gasteiger partial charge in [-0.05, 0) is 25.1 Å². The van der Waals surface area contributed by atoms with E-state index in [1.54, 1.807) is 12.2 Å². The highest BCUT2D eigenvalue weighted by Gasteiger charge is 2.27. The van der Waals surface area contributed by atoms with E-state index in [1.165, 1.54) is 18.2 Å². The summed E-state index contributed by atoms with van der Waals surface area (Å²) in [5.41, 5.74) is 0.210. The lowest BCUT2D eigenvalue weighted by Crippen LogP contribution is -2.36. The van der Waals surface area contributed by atoms with Crippen LogP contribution in [0.25, 0.3) is 0 Å². The molecule has 0 radical (unpaired) electrons. The second-order valence-electron chi connectivity index (χ2n) is 5.09. The standard InChI is InChI=1S/C16H18F3NO6/c1-2-25-13-7-10(3-4-12(13)22)11(21)5-6-15(24)26-8-14(23)20-9-16(17,18)19/h3-4,7,22H,2,5-6,8-9H2,1H3,(H,20,23). The molecule has 0 bridgehead atoms. The monoisotopic (exact) mass is 377 g/mol. The SMILES string of the molecule is CCOc1cc(C(=O)CCC(=O)OCC(=O)NCC(F)(F)F)ccc1O. The first-order valence-electron chi connectivity index (χ1n) is 7.60. The Morgan fingerprint density at radius 1 is 1.19 bits per heavy atom. The molecule has 10 heteroatoms. The van der Waals surface area contributed by atoms with Crippen molar-refractivity contribution in [1.82, 2.24) is 5.32 Å². The fraction of sp³-hybridized carbons (Fsp3) is 0.438. The number of ether oxygens (including phenoxy) is 2. The Morgan fingerprint density at radius 2 is 1.88 bits per heavy atom. The first-order chi connectivity index (χ1) is 12.1. The molecule has 0 spiro atoms. The van der Waals surface area contributed by atoms with Gasteiger partial charge in [0.2, 0.25) is 0 Å². The molecule has 0 aliphatic rings. The maximum absolute atomic E-state index is 12.0. The molecule has 0 unspecified atom stereocenters. The largest absolute Gasteiger partial charge is 0.504 e. The van der Waals surface area contributed by atoms with Gasteiger partial charge in [-0.1, -0.05) is 0 Å². The van der Waals surface area contributed by atoms with E-state index in [4.69, 9.17) is 4.74 Å². The molecule has 26 heavy (non-hydrogen) atoms. The molecular weight excluding hydrogens is 359 g/mol. The van der Waals surface area contributed by atoms with Crippen LogP contribution in [0.15, 0.2) is 18.2 Å². The molecule has 0 saturated heterocycles. The van der Waals surface area contributed by atoms with Gasteiger partial charge in [0, 0.05) is 12.0 Å². The quantitative estimate of drug-likeness (QED) is 0.504. The minimum absolute atomic E-state index is 0.127. The molecule has 7 nitrogen and oxygen atoms in total. The van der Waals surface area contributed by atoms with Crippen LogP contribution in [-0.4, -0.2) is 48.7 Å². The predicted molar refractivity (Wildman–Crippen MR) is 82.9 cm³/mol. The van der Waals surface area contributed by atoms with Crippen molar-refractivity contribution in [2.24, 2.45) is 0 Å². The van der Waals surface area contributed by atoms with Gasteiger partial charge in [0.1, 0.15) is 6.54 Å². The maximum Gasteiger partial charge on any atom is 0.405 e. The van der Waals surface area contributed by atoms with Crippen LogP contribution in [0.2, 0.25) is 0 Å². The van der Waals surface area contributed by atoms with Crippen LogP contribution < -0.4 is 10.1 Å². The van der Waals surface area contributed by atoms with Gasteiger partial charge in [-0.15, -0.1) is 0 Å². The third-order valence-electron chi connectivity index (χ3n) is 2.99. The molecule has 144 valence electrons. The number of Topliss-reactive ketones (excluding diaryl/α,β-unsaturated/α-hetero) is 1. The third kappa shape index (κ3) is 7.86. The number of carbonyl (C=O) groups is 3. The van der Waals surface area contributed by atoms with E-state index in [0.717, 1.165) is 0 Å². The Hall–Kier alpha value is -2.78. The summed E-state index contributed by atoms with van der Waals surface area (Å²) in [4.78, 5) is 34.6. The zero-order valence-electron chi connectivity index (χ0n) is 13.9. The molecule has 0 heterocycles. The molecule has 0 aromatic heterocycles. The van der Waals surface area contributed by atoms with E-state index < -0.39 is 37.0 Å². The highest BCUT2D eigenvalue weighted by molar-refractivity contribution is 5.98. The van der Waals surface area contributed by atoms with Gasteiger partial charge in [-0.25, -0.2) is 0 Å². The molecule has 0 atom stereocenters. The summed E-state index contributed by atoms with van der Waals surface area (Å²) in [6.07, 6.45) is -5.15. The molecule has 1 aromatic carbocycles. The number of alkyl halides is 3. The third-order valence-corrected chi connectivity index (χ3v) is 2.99. The average Bonchev–Trinajstić information content (AvgIpc) is 2.57. The van der Waals surface area contributed by atoms with Gasteiger partial charge in [0.25, 0.3) is 5.91 Å². The lowest BCUT2D eigenvalue weighted by Gasteiger charge is -2.09. The number of hydrogen-bond acceptors (Lipinski definition) is 6. The van der Waals surface area contributed by atoms with Gasteiger partial charge in [-0.2, -0.15) is 13.2 Å². The van der Waals surface area contributed by atoms with Crippen LogP contribution in [0.3, 0.4) is 0 Å². The fourth-order valence-corrected chi connectivity index (χ4v) is 1.79. The van der Waals surface area contributed by atoms with Crippen molar-refractivity contribution < 1.29 is 42.1 Å². The van der Waals surface area contributed by atoms with Crippen molar-refractivity contribution >= 4 is 17.7 Å². The van der Waals surface area contributed by atoms with E-state index in [1.807, 2.05) is 0 Å². The molecule has 1 aromatic rings. The highest BCUT2D eigenvalue weighted by Crippen LogP contribution is 2.27. The van der Waals surface area contributed by atoms with Crippen LogP contribution in [0.4, 0.5) is 13.2 Å². The van der Waals surface area contributed by atoms with Gasteiger partial charge in [0.15, 0.2) is 23.9 Å². The molecule has 1 rings (SSSR count). The smallest absolute Gasteiger partial charge is 0.405 e. The van der Waals surface area contributed by atoms with Crippen LogP contribution in [0.5, 0.6) is 11.5 Å². The van der Waals surface area contributed by atoms with Crippen LogP contribution in [0, 0.1) is 0 Å². The van der Waals surface area contributed by atoms with Gasteiger partial charge >= 0.3 is 12.1 Å². The number of phenols is 1. The van der Waals surface area contributed by atoms with Crippen molar-refractivity contribution in [2.45, 2.75) is 25.9 Å². The number of benzene rings is 1. The summed E-state index contributed by atoms with van der Waals surface area (Å²) in [6, 6.07) is 3.97.